The fourth-order valence-corrected chi connectivity index (χ4v) is 1.99. The number of carbonyl (C=O) groups is 1. The van der Waals surface area contributed by atoms with Crippen LogP contribution in [-0.2, 0) is 16.2 Å². The molecule has 0 heterocycles. The number of carbonyl (C=O) groups excluding carboxylic acids is 1. The van der Waals surface area contributed by atoms with E-state index in [1.54, 1.807) is 18.3 Å². The summed E-state index contributed by atoms with van der Waals surface area (Å²) in [6.45, 7) is 0.302. The topological polar surface area (TPSA) is 50.7 Å². The Balaban J connectivity index is 1.69. The molecule has 0 radical (unpaired) electrons. The van der Waals surface area contributed by atoms with Gasteiger partial charge in [0, 0.05) is 16.0 Å². The maximum Gasteiger partial charge on any atom is 0.261 e. The van der Waals surface area contributed by atoms with Gasteiger partial charge >= 0.3 is 0 Å². The van der Waals surface area contributed by atoms with Crippen LogP contribution in [0.4, 0.5) is 0 Å². The zero-order valence-electron chi connectivity index (χ0n) is 11.6. The van der Waals surface area contributed by atoms with Gasteiger partial charge in [-0.05, 0) is 35.4 Å². The lowest BCUT2D eigenvalue weighted by Crippen LogP contribution is -2.26. The quantitative estimate of drug-likeness (QED) is 0.612. The van der Waals surface area contributed by atoms with Crippen LogP contribution in [0.1, 0.15) is 11.1 Å². The Morgan fingerprint density at radius 1 is 1.18 bits per heavy atom. The summed E-state index contributed by atoms with van der Waals surface area (Å²) in [5, 5.41) is 7.16. The van der Waals surface area contributed by atoms with Gasteiger partial charge in [-0.1, -0.05) is 57.0 Å². The lowest BCUT2D eigenvalue weighted by Gasteiger charge is -2.04. The Labute approximate surface area is 142 Å². The Kier molecular flexibility index (Phi) is 6.43. The number of rotatable bonds is 6. The maximum absolute atomic E-state index is 11.6. The minimum atomic E-state index is -0.233. The van der Waals surface area contributed by atoms with Gasteiger partial charge in [0.15, 0.2) is 6.61 Å². The molecule has 0 atom stereocenters. The van der Waals surface area contributed by atoms with Gasteiger partial charge in [-0.3, -0.25) is 4.79 Å². The highest BCUT2D eigenvalue weighted by atomic mass is 79.9. The van der Waals surface area contributed by atoms with Gasteiger partial charge in [-0.15, -0.1) is 0 Å². The molecule has 0 saturated heterocycles. The van der Waals surface area contributed by atoms with Crippen LogP contribution in [0.3, 0.4) is 0 Å². The van der Waals surface area contributed by atoms with E-state index < -0.39 is 0 Å². The van der Waals surface area contributed by atoms with Gasteiger partial charge in [0.05, 0.1) is 6.21 Å². The summed E-state index contributed by atoms with van der Waals surface area (Å²) in [5.41, 5.74) is 1.86. The molecule has 114 valence electrons. The lowest BCUT2D eigenvalue weighted by atomic mass is 10.2. The molecule has 0 unspecified atom stereocenters. The number of amides is 1. The summed E-state index contributed by atoms with van der Waals surface area (Å²) in [5.74, 6) is -0.233. The monoisotopic (exact) mass is 380 g/mol. The van der Waals surface area contributed by atoms with Crippen molar-refractivity contribution in [2.45, 2.75) is 6.54 Å². The molecule has 0 bridgehead atoms. The number of oxime groups is 1. The minimum absolute atomic E-state index is 0.124. The molecule has 0 aliphatic heterocycles. The standard InChI is InChI=1S/C16H14BrClN2O2/c17-14-5-1-13(2-6-14)10-20-22-11-16(21)19-9-12-3-7-15(18)8-4-12/h1-8,10H,9,11H2,(H,19,21)/b20-10-. The van der Waals surface area contributed by atoms with E-state index in [9.17, 15) is 4.79 Å². The second kappa shape index (κ2) is 8.56. The van der Waals surface area contributed by atoms with E-state index in [0.29, 0.717) is 11.6 Å². The summed E-state index contributed by atoms with van der Waals surface area (Å²) in [4.78, 5) is 16.6. The third-order valence-electron chi connectivity index (χ3n) is 2.74. The minimum Gasteiger partial charge on any atom is -0.386 e. The van der Waals surface area contributed by atoms with E-state index in [2.05, 4.69) is 26.4 Å². The van der Waals surface area contributed by atoms with Crippen molar-refractivity contribution in [1.82, 2.24) is 5.32 Å². The molecule has 2 aromatic carbocycles. The fourth-order valence-electron chi connectivity index (χ4n) is 1.60. The van der Waals surface area contributed by atoms with Crippen molar-refractivity contribution >= 4 is 39.7 Å². The molecule has 1 amide bonds. The number of nitrogens with zero attached hydrogens (tertiary/aromatic N) is 1. The molecule has 0 spiro atoms. The molecule has 0 fully saturated rings. The SMILES string of the molecule is O=C(CO/N=C\c1ccc(Br)cc1)NCc1ccc(Cl)cc1. The van der Waals surface area contributed by atoms with E-state index in [0.717, 1.165) is 15.6 Å². The van der Waals surface area contributed by atoms with Crippen LogP contribution in [-0.4, -0.2) is 18.7 Å². The highest BCUT2D eigenvalue weighted by Gasteiger charge is 2.01. The van der Waals surface area contributed by atoms with E-state index >= 15 is 0 Å². The highest BCUT2D eigenvalue weighted by Crippen LogP contribution is 2.09. The molecular weight excluding hydrogens is 368 g/mol. The van der Waals surface area contributed by atoms with Crippen molar-refractivity contribution in [2.75, 3.05) is 6.61 Å². The van der Waals surface area contributed by atoms with Crippen molar-refractivity contribution in [1.29, 1.82) is 0 Å². The van der Waals surface area contributed by atoms with E-state index in [1.165, 1.54) is 0 Å². The van der Waals surface area contributed by atoms with Crippen LogP contribution < -0.4 is 5.32 Å². The molecule has 0 aliphatic rings. The first-order valence-electron chi connectivity index (χ1n) is 6.55. The highest BCUT2D eigenvalue weighted by molar-refractivity contribution is 9.10. The zero-order valence-corrected chi connectivity index (χ0v) is 14.0. The fraction of sp³-hybridized carbons (Fsp3) is 0.125. The largest absolute Gasteiger partial charge is 0.386 e. The van der Waals surface area contributed by atoms with Crippen molar-refractivity contribution in [2.24, 2.45) is 5.16 Å². The second-order valence-electron chi connectivity index (χ2n) is 4.46. The predicted molar refractivity (Wildman–Crippen MR) is 91.0 cm³/mol. The third-order valence-corrected chi connectivity index (χ3v) is 3.53. The molecular formula is C16H14BrClN2O2. The van der Waals surface area contributed by atoms with Crippen molar-refractivity contribution in [3.8, 4) is 0 Å². The van der Waals surface area contributed by atoms with Gasteiger partial charge in [0.2, 0.25) is 0 Å². The van der Waals surface area contributed by atoms with Gasteiger partial charge < -0.3 is 10.2 Å². The molecule has 0 saturated carbocycles. The number of hydrogen-bond acceptors (Lipinski definition) is 3. The average Bonchev–Trinajstić information content (AvgIpc) is 2.53. The predicted octanol–water partition coefficient (Wildman–Crippen LogP) is 3.77. The number of benzene rings is 2. The lowest BCUT2D eigenvalue weighted by molar-refractivity contribution is -0.125. The molecule has 1 N–H and O–H groups in total. The van der Waals surface area contributed by atoms with Crippen molar-refractivity contribution in [3.05, 3.63) is 69.2 Å². The summed E-state index contributed by atoms with van der Waals surface area (Å²) in [7, 11) is 0. The molecule has 2 rings (SSSR count). The van der Waals surface area contributed by atoms with Crippen LogP contribution in [0.15, 0.2) is 58.2 Å². The van der Waals surface area contributed by atoms with Gasteiger partial charge in [-0.25, -0.2) is 0 Å². The smallest absolute Gasteiger partial charge is 0.261 e. The van der Waals surface area contributed by atoms with Crippen LogP contribution in [0.2, 0.25) is 5.02 Å². The first-order valence-corrected chi connectivity index (χ1v) is 7.72. The van der Waals surface area contributed by atoms with Crippen LogP contribution in [0.25, 0.3) is 0 Å². The zero-order chi connectivity index (χ0) is 15.8. The summed E-state index contributed by atoms with van der Waals surface area (Å²) >= 11 is 9.14. The Bertz CT molecular complexity index is 642. The van der Waals surface area contributed by atoms with Crippen LogP contribution in [0.5, 0.6) is 0 Å². The normalized spacial score (nSPS) is 10.6. The molecule has 4 nitrogen and oxygen atoms in total. The van der Waals surface area contributed by atoms with Gasteiger partial charge in [-0.2, -0.15) is 0 Å². The second-order valence-corrected chi connectivity index (χ2v) is 5.81. The van der Waals surface area contributed by atoms with Gasteiger partial charge in [0.1, 0.15) is 0 Å². The van der Waals surface area contributed by atoms with Crippen LogP contribution >= 0.6 is 27.5 Å². The number of halogens is 2. The maximum atomic E-state index is 11.6. The molecule has 0 aliphatic carbocycles. The van der Waals surface area contributed by atoms with Crippen molar-refractivity contribution in [3.63, 3.8) is 0 Å². The van der Waals surface area contributed by atoms with E-state index in [4.69, 9.17) is 16.4 Å². The molecule has 6 heteroatoms. The Hall–Kier alpha value is -1.85. The number of hydrogen-bond donors (Lipinski definition) is 1. The summed E-state index contributed by atoms with van der Waals surface area (Å²) in [6, 6.07) is 14.9. The first kappa shape index (κ1) is 16.5. The summed E-state index contributed by atoms with van der Waals surface area (Å²) in [6.07, 6.45) is 1.55. The molecule has 0 aromatic heterocycles. The first-order chi connectivity index (χ1) is 10.6. The van der Waals surface area contributed by atoms with E-state index in [1.807, 2.05) is 36.4 Å². The average molecular weight is 382 g/mol. The third kappa shape index (κ3) is 5.87. The Morgan fingerprint density at radius 3 is 2.55 bits per heavy atom. The molecule has 2 aromatic rings. The molecule has 22 heavy (non-hydrogen) atoms. The van der Waals surface area contributed by atoms with Crippen molar-refractivity contribution < 1.29 is 9.63 Å². The van der Waals surface area contributed by atoms with E-state index in [-0.39, 0.29) is 12.5 Å². The Morgan fingerprint density at radius 2 is 1.86 bits per heavy atom. The van der Waals surface area contributed by atoms with Crippen LogP contribution in [0, 0.1) is 0 Å². The van der Waals surface area contributed by atoms with Gasteiger partial charge in [0.25, 0.3) is 5.91 Å². The summed E-state index contributed by atoms with van der Waals surface area (Å²) < 4.78 is 0.993. The number of nitrogens with one attached hydrogen (secondary N) is 1.